The standard InChI is InChI=1S/C18H21N3O6S/c1-13-4-5-14(11-16(13)28(24,25)21-6-9-26-10-7-21)20-17(22)12-19-18(23)15-3-2-8-27-15/h2-5,8,11H,6-7,9-10,12H2,1H3,(H,19,23)(H,20,22). The van der Waals surface area contributed by atoms with Crippen molar-refractivity contribution in [2.75, 3.05) is 38.2 Å². The molecule has 0 radical (unpaired) electrons. The zero-order chi connectivity index (χ0) is 20.1. The van der Waals surface area contributed by atoms with Crippen LogP contribution in [0, 0.1) is 6.92 Å². The lowest BCUT2D eigenvalue weighted by Crippen LogP contribution is -2.40. The van der Waals surface area contributed by atoms with Gasteiger partial charge in [0.15, 0.2) is 5.76 Å². The molecule has 0 saturated carbocycles. The molecule has 10 heteroatoms. The molecule has 1 saturated heterocycles. The van der Waals surface area contributed by atoms with E-state index >= 15 is 0 Å². The fourth-order valence-electron chi connectivity index (χ4n) is 2.74. The van der Waals surface area contributed by atoms with Gasteiger partial charge in [0.25, 0.3) is 5.91 Å². The summed E-state index contributed by atoms with van der Waals surface area (Å²) >= 11 is 0. The number of hydrogen-bond donors (Lipinski definition) is 2. The first-order chi connectivity index (χ1) is 13.4. The minimum atomic E-state index is -3.69. The van der Waals surface area contributed by atoms with Crippen LogP contribution in [-0.4, -0.2) is 57.4 Å². The second kappa shape index (κ2) is 8.55. The smallest absolute Gasteiger partial charge is 0.287 e. The summed E-state index contributed by atoms with van der Waals surface area (Å²) in [5.74, 6) is -0.903. The van der Waals surface area contributed by atoms with Crippen molar-refractivity contribution in [2.24, 2.45) is 0 Å². The van der Waals surface area contributed by atoms with E-state index in [0.29, 0.717) is 24.5 Å². The van der Waals surface area contributed by atoms with E-state index in [1.54, 1.807) is 25.1 Å². The van der Waals surface area contributed by atoms with E-state index in [4.69, 9.17) is 9.15 Å². The summed E-state index contributed by atoms with van der Waals surface area (Å²) < 4.78 is 37.3. The predicted octanol–water partition coefficient (Wildman–Crippen LogP) is 0.977. The molecule has 1 aromatic carbocycles. The number of carbonyl (C=O) groups excluding carboxylic acids is 2. The number of nitrogens with one attached hydrogen (secondary N) is 2. The molecular formula is C18H21N3O6S. The van der Waals surface area contributed by atoms with Gasteiger partial charge in [-0.25, -0.2) is 8.42 Å². The second-order valence-corrected chi connectivity index (χ2v) is 8.11. The Kier molecular flexibility index (Phi) is 6.12. The van der Waals surface area contributed by atoms with Gasteiger partial charge in [-0.05, 0) is 36.8 Å². The van der Waals surface area contributed by atoms with Crippen molar-refractivity contribution < 1.29 is 27.2 Å². The molecule has 0 bridgehead atoms. The van der Waals surface area contributed by atoms with Crippen molar-refractivity contribution in [3.05, 3.63) is 47.9 Å². The second-order valence-electron chi connectivity index (χ2n) is 6.20. The monoisotopic (exact) mass is 407 g/mol. The Morgan fingerprint density at radius 1 is 1.18 bits per heavy atom. The first-order valence-corrected chi connectivity index (χ1v) is 10.1. The zero-order valence-corrected chi connectivity index (χ0v) is 16.1. The van der Waals surface area contributed by atoms with Gasteiger partial charge in [0.05, 0.1) is 30.9 Å². The van der Waals surface area contributed by atoms with Crippen molar-refractivity contribution in [1.82, 2.24) is 9.62 Å². The van der Waals surface area contributed by atoms with E-state index < -0.39 is 21.8 Å². The molecule has 1 fully saturated rings. The van der Waals surface area contributed by atoms with Crippen molar-refractivity contribution >= 4 is 27.5 Å². The van der Waals surface area contributed by atoms with Crippen LogP contribution in [0.15, 0.2) is 45.9 Å². The van der Waals surface area contributed by atoms with Gasteiger partial charge in [-0.15, -0.1) is 0 Å². The van der Waals surface area contributed by atoms with E-state index in [1.165, 1.54) is 22.7 Å². The number of carbonyl (C=O) groups is 2. The van der Waals surface area contributed by atoms with Crippen LogP contribution in [0.5, 0.6) is 0 Å². The van der Waals surface area contributed by atoms with Crippen LogP contribution >= 0.6 is 0 Å². The summed E-state index contributed by atoms with van der Waals surface area (Å²) in [5.41, 5.74) is 0.908. The van der Waals surface area contributed by atoms with Gasteiger partial charge in [-0.2, -0.15) is 4.31 Å². The molecular weight excluding hydrogens is 386 g/mol. The highest BCUT2D eigenvalue weighted by molar-refractivity contribution is 7.89. The molecule has 0 unspecified atom stereocenters. The summed E-state index contributed by atoms with van der Waals surface area (Å²) in [5, 5.41) is 5.02. The molecule has 0 atom stereocenters. The molecule has 0 spiro atoms. The molecule has 1 aliphatic heterocycles. The van der Waals surface area contributed by atoms with Gasteiger partial charge < -0.3 is 19.8 Å². The van der Waals surface area contributed by atoms with Crippen LogP contribution < -0.4 is 10.6 Å². The number of anilines is 1. The Bertz CT molecular complexity index is 950. The Hall–Kier alpha value is -2.69. The van der Waals surface area contributed by atoms with Crippen molar-refractivity contribution in [1.29, 1.82) is 0 Å². The lowest BCUT2D eigenvalue weighted by atomic mass is 10.2. The number of sulfonamides is 1. The van der Waals surface area contributed by atoms with Crippen LogP contribution in [-0.2, 0) is 19.6 Å². The van der Waals surface area contributed by atoms with Crippen molar-refractivity contribution in [2.45, 2.75) is 11.8 Å². The first-order valence-electron chi connectivity index (χ1n) is 8.68. The predicted molar refractivity (Wildman–Crippen MR) is 100 cm³/mol. The van der Waals surface area contributed by atoms with Crippen LogP contribution in [0.3, 0.4) is 0 Å². The third kappa shape index (κ3) is 4.58. The Balaban J connectivity index is 1.67. The number of furan rings is 1. The van der Waals surface area contributed by atoms with E-state index in [2.05, 4.69) is 10.6 Å². The summed E-state index contributed by atoms with van der Waals surface area (Å²) in [6.45, 7) is 2.70. The lowest BCUT2D eigenvalue weighted by Gasteiger charge is -2.26. The molecule has 9 nitrogen and oxygen atoms in total. The Labute approximate surface area is 162 Å². The Morgan fingerprint density at radius 2 is 1.93 bits per heavy atom. The molecule has 0 aliphatic carbocycles. The number of morpholine rings is 1. The van der Waals surface area contributed by atoms with Gasteiger partial charge in [0, 0.05) is 18.8 Å². The fourth-order valence-corrected chi connectivity index (χ4v) is 4.40. The fraction of sp³-hybridized carbons (Fsp3) is 0.333. The zero-order valence-electron chi connectivity index (χ0n) is 15.3. The highest BCUT2D eigenvalue weighted by Gasteiger charge is 2.28. The first kappa shape index (κ1) is 20.1. The SMILES string of the molecule is Cc1ccc(NC(=O)CNC(=O)c2ccco2)cc1S(=O)(=O)N1CCOCC1. The van der Waals surface area contributed by atoms with Gasteiger partial charge in [-0.1, -0.05) is 6.07 Å². The van der Waals surface area contributed by atoms with E-state index in [1.807, 2.05) is 0 Å². The molecule has 2 N–H and O–H groups in total. The number of hydrogen-bond acceptors (Lipinski definition) is 6. The highest BCUT2D eigenvalue weighted by Crippen LogP contribution is 2.24. The highest BCUT2D eigenvalue weighted by atomic mass is 32.2. The van der Waals surface area contributed by atoms with E-state index in [0.717, 1.165) is 0 Å². The summed E-state index contributed by atoms with van der Waals surface area (Å²) in [6.07, 6.45) is 1.36. The average Bonchev–Trinajstić information content (AvgIpc) is 3.23. The maximum Gasteiger partial charge on any atom is 0.287 e. The maximum absolute atomic E-state index is 12.9. The normalized spacial score (nSPS) is 15.2. The summed E-state index contributed by atoms with van der Waals surface area (Å²) in [7, 11) is -3.69. The van der Waals surface area contributed by atoms with E-state index in [9.17, 15) is 18.0 Å². The van der Waals surface area contributed by atoms with Crippen LogP contribution in [0.25, 0.3) is 0 Å². The van der Waals surface area contributed by atoms with Gasteiger partial charge in [0.2, 0.25) is 15.9 Å². The molecule has 2 aromatic rings. The number of aryl methyl sites for hydroxylation is 1. The average molecular weight is 407 g/mol. The summed E-state index contributed by atoms with van der Waals surface area (Å²) in [6, 6.07) is 7.71. The van der Waals surface area contributed by atoms with Crippen LogP contribution in [0.4, 0.5) is 5.69 Å². The van der Waals surface area contributed by atoms with Gasteiger partial charge in [0.1, 0.15) is 0 Å². The molecule has 1 aromatic heterocycles. The number of nitrogens with zero attached hydrogens (tertiary/aromatic N) is 1. The Morgan fingerprint density at radius 3 is 2.61 bits per heavy atom. The number of benzene rings is 1. The van der Waals surface area contributed by atoms with Gasteiger partial charge in [-0.3, -0.25) is 9.59 Å². The molecule has 3 rings (SSSR count). The third-order valence-electron chi connectivity index (χ3n) is 4.21. The van der Waals surface area contributed by atoms with Crippen LogP contribution in [0.2, 0.25) is 0 Å². The molecule has 1 aliphatic rings. The minimum Gasteiger partial charge on any atom is -0.459 e. The molecule has 28 heavy (non-hydrogen) atoms. The third-order valence-corrected chi connectivity index (χ3v) is 6.25. The quantitative estimate of drug-likeness (QED) is 0.737. The molecule has 2 heterocycles. The van der Waals surface area contributed by atoms with Crippen molar-refractivity contribution in [3.8, 4) is 0 Å². The maximum atomic E-state index is 12.9. The minimum absolute atomic E-state index is 0.0991. The largest absolute Gasteiger partial charge is 0.459 e. The van der Waals surface area contributed by atoms with E-state index in [-0.39, 0.29) is 30.3 Å². The lowest BCUT2D eigenvalue weighted by molar-refractivity contribution is -0.115. The molecule has 150 valence electrons. The summed E-state index contributed by atoms with van der Waals surface area (Å²) in [4.78, 5) is 24.0. The van der Waals surface area contributed by atoms with Crippen LogP contribution in [0.1, 0.15) is 16.1 Å². The number of amides is 2. The molecule has 2 amide bonds. The topological polar surface area (TPSA) is 118 Å². The number of ether oxygens (including phenoxy) is 1. The van der Waals surface area contributed by atoms with Crippen molar-refractivity contribution in [3.63, 3.8) is 0 Å². The number of rotatable bonds is 6. The van der Waals surface area contributed by atoms with Gasteiger partial charge >= 0.3 is 0 Å².